The molecule has 204 valence electrons. The SMILES string of the molecule is Cc1ccc(C(=O)Cc2cc(C(F)(F)F)ccn2)cc1C#Cc1cnc(NC(=O)N(C)C2CCC(O)CC2)s1. The Labute approximate surface area is 228 Å². The fraction of sp³-hybridized carbons (Fsp3) is 0.357. The van der Waals surface area contributed by atoms with Gasteiger partial charge in [0.15, 0.2) is 10.9 Å². The number of anilines is 1. The number of aromatic nitrogens is 2. The zero-order valence-electron chi connectivity index (χ0n) is 21.4. The quantitative estimate of drug-likeness (QED) is 0.322. The van der Waals surface area contributed by atoms with E-state index in [0.717, 1.165) is 36.7 Å². The van der Waals surface area contributed by atoms with Gasteiger partial charge in [-0.05, 0) is 62.3 Å². The first-order valence-electron chi connectivity index (χ1n) is 12.4. The third-order valence-corrected chi connectivity index (χ3v) is 7.45. The number of carbonyl (C=O) groups excluding carboxylic acids is 2. The smallest absolute Gasteiger partial charge is 0.393 e. The predicted octanol–water partition coefficient (Wildman–Crippen LogP) is 5.46. The second kappa shape index (κ2) is 12.0. The van der Waals surface area contributed by atoms with Crippen molar-refractivity contribution < 1.29 is 27.9 Å². The lowest BCUT2D eigenvalue weighted by Crippen LogP contribution is -2.42. The summed E-state index contributed by atoms with van der Waals surface area (Å²) in [6.07, 6.45) is 0.356. The van der Waals surface area contributed by atoms with Crippen molar-refractivity contribution in [1.29, 1.82) is 0 Å². The number of benzene rings is 1. The molecule has 0 saturated heterocycles. The van der Waals surface area contributed by atoms with Crippen LogP contribution in [-0.2, 0) is 12.6 Å². The van der Waals surface area contributed by atoms with Gasteiger partial charge in [0.2, 0.25) is 0 Å². The van der Waals surface area contributed by atoms with Gasteiger partial charge in [-0.25, -0.2) is 9.78 Å². The Bertz CT molecular complexity index is 1420. The minimum absolute atomic E-state index is 0.0361. The van der Waals surface area contributed by atoms with E-state index in [1.165, 1.54) is 11.3 Å². The molecule has 39 heavy (non-hydrogen) atoms. The predicted molar refractivity (Wildman–Crippen MR) is 142 cm³/mol. The van der Waals surface area contributed by atoms with Crippen molar-refractivity contribution in [3.8, 4) is 11.8 Å². The molecule has 2 amide bonds. The van der Waals surface area contributed by atoms with Crippen LogP contribution in [0.15, 0.2) is 42.7 Å². The monoisotopic (exact) mass is 556 g/mol. The van der Waals surface area contributed by atoms with Gasteiger partial charge in [-0.15, -0.1) is 0 Å². The largest absolute Gasteiger partial charge is 0.416 e. The number of amides is 2. The molecule has 3 aromatic rings. The van der Waals surface area contributed by atoms with Crippen molar-refractivity contribution in [2.45, 2.75) is 57.3 Å². The van der Waals surface area contributed by atoms with Crippen LogP contribution in [0, 0.1) is 18.8 Å². The van der Waals surface area contributed by atoms with E-state index in [1.54, 1.807) is 36.3 Å². The first-order valence-corrected chi connectivity index (χ1v) is 13.2. The van der Waals surface area contributed by atoms with Gasteiger partial charge < -0.3 is 10.0 Å². The number of rotatable bonds is 5. The van der Waals surface area contributed by atoms with Crippen LogP contribution in [0.2, 0.25) is 0 Å². The molecule has 2 aromatic heterocycles. The molecule has 1 aliphatic carbocycles. The molecule has 1 saturated carbocycles. The molecular formula is C28H27F3N4O3S. The first kappa shape index (κ1) is 28.3. The number of ketones is 1. The third-order valence-electron chi connectivity index (χ3n) is 6.62. The van der Waals surface area contributed by atoms with E-state index < -0.39 is 11.7 Å². The third kappa shape index (κ3) is 7.43. The molecule has 0 radical (unpaired) electrons. The van der Waals surface area contributed by atoms with Crippen molar-refractivity contribution in [3.05, 3.63) is 75.6 Å². The molecule has 7 nitrogen and oxygen atoms in total. The number of urea groups is 1. The number of halogens is 3. The number of pyridine rings is 1. The molecule has 1 fully saturated rings. The maximum Gasteiger partial charge on any atom is 0.416 e. The van der Waals surface area contributed by atoms with Crippen molar-refractivity contribution in [1.82, 2.24) is 14.9 Å². The van der Waals surface area contributed by atoms with Crippen LogP contribution < -0.4 is 5.32 Å². The Hall–Kier alpha value is -3.75. The summed E-state index contributed by atoms with van der Waals surface area (Å²) in [7, 11) is 1.73. The number of nitrogens with zero attached hydrogens (tertiary/aromatic N) is 3. The van der Waals surface area contributed by atoms with Gasteiger partial charge in [-0.3, -0.25) is 15.1 Å². The number of aryl methyl sites for hydroxylation is 1. The van der Waals surface area contributed by atoms with Crippen LogP contribution in [0.4, 0.5) is 23.1 Å². The Morgan fingerprint density at radius 3 is 2.59 bits per heavy atom. The van der Waals surface area contributed by atoms with Crippen molar-refractivity contribution in [2.24, 2.45) is 0 Å². The number of aliphatic hydroxyl groups is 1. The number of nitrogens with one attached hydrogen (secondary N) is 1. The highest BCUT2D eigenvalue weighted by molar-refractivity contribution is 7.16. The summed E-state index contributed by atoms with van der Waals surface area (Å²) in [5, 5.41) is 12.9. The molecule has 1 aliphatic rings. The molecule has 0 atom stereocenters. The number of hydrogen-bond acceptors (Lipinski definition) is 6. The van der Waals surface area contributed by atoms with Crippen LogP contribution in [0.25, 0.3) is 0 Å². The average Bonchev–Trinajstić information content (AvgIpc) is 3.35. The molecule has 0 spiro atoms. The molecule has 1 aromatic carbocycles. The maximum atomic E-state index is 13.0. The lowest BCUT2D eigenvalue weighted by molar-refractivity contribution is -0.137. The Morgan fingerprint density at radius 2 is 1.87 bits per heavy atom. The van der Waals surface area contributed by atoms with Crippen LogP contribution in [0.5, 0.6) is 0 Å². The molecule has 2 heterocycles. The summed E-state index contributed by atoms with van der Waals surface area (Å²) in [5.74, 6) is 5.65. The standard InChI is InChI=1S/C28H27F3N4O3S/c1-17-3-4-19(25(37)15-21-14-20(11-12-32-21)28(29,30)31)13-18(17)5-10-24-16-33-26(39-24)34-27(38)35(2)22-6-8-23(36)9-7-22/h3-4,11-14,16,22-23,36H,6-9,15H2,1-2H3,(H,33,34,38). The Morgan fingerprint density at radius 1 is 1.13 bits per heavy atom. The fourth-order valence-corrected chi connectivity index (χ4v) is 4.92. The zero-order valence-corrected chi connectivity index (χ0v) is 22.2. The number of Topliss-reactive ketones (excluding diaryl/α,β-unsaturated/α-hetero) is 1. The topological polar surface area (TPSA) is 95.4 Å². The summed E-state index contributed by atoms with van der Waals surface area (Å²) in [4.78, 5) is 35.8. The van der Waals surface area contributed by atoms with E-state index in [4.69, 9.17) is 0 Å². The van der Waals surface area contributed by atoms with E-state index in [2.05, 4.69) is 27.1 Å². The second-order valence-electron chi connectivity index (χ2n) is 9.45. The maximum absolute atomic E-state index is 13.0. The van der Waals surface area contributed by atoms with Gasteiger partial charge in [0.1, 0.15) is 0 Å². The number of aliphatic hydroxyl groups excluding tert-OH is 1. The fourth-order valence-electron chi connectivity index (χ4n) is 4.26. The highest BCUT2D eigenvalue weighted by Crippen LogP contribution is 2.29. The minimum atomic E-state index is -4.51. The van der Waals surface area contributed by atoms with Crippen molar-refractivity contribution >= 4 is 28.3 Å². The van der Waals surface area contributed by atoms with Gasteiger partial charge in [0.25, 0.3) is 0 Å². The van der Waals surface area contributed by atoms with E-state index in [9.17, 15) is 27.9 Å². The Kier molecular flexibility index (Phi) is 8.67. The lowest BCUT2D eigenvalue weighted by Gasteiger charge is -2.32. The summed E-state index contributed by atoms with van der Waals surface area (Å²) >= 11 is 1.22. The molecule has 4 rings (SSSR count). The van der Waals surface area contributed by atoms with E-state index in [0.29, 0.717) is 34.0 Å². The van der Waals surface area contributed by atoms with E-state index in [1.807, 2.05) is 6.92 Å². The van der Waals surface area contributed by atoms with Crippen LogP contribution in [0.3, 0.4) is 0 Å². The van der Waals surface area contributed by atoms with E-state index >= 15 is 0 Å². The number of carbonyl (C=O) groups is 2. The summed E-state index contributed by atoms with van der Waals surface area (Å²) in [6.45, 7) is 1.84. The van der Waals surface area contributed by atoms with Gasteiger partial charge in [0, 0.05) is 36.1 Å². The molecule has 2 N–H and O–H groups in total. The van der Waals surface area contributed by atoms with Crippen LogP contribution >= 0.6 is 11.3 Å². The number of thiazole rings is 1. The highest BCUT2D eigenvalue weighted by Gasteiger charge is 2.31. The van der Waals surface area contributed by atoms with Gasteiger partial charge >= 0.3 is 12.2 Å². The van der Waals surface area contributed by atoms with Crippen LogP contribution in [0.1, 0.15) is 63.3 Å². The molecular weight excluding hydrogens is 529 g/mol. The average molecular weight is 557 g/mol. The molecule has 11 heteroatoms. The van der Waals surface area contributed by atoms with Gasteiger partial charge in [0.05, 0.1) is 29.2 Å². The highest BCUT2D eigenvalue weighted by atomic mass is 32.1. The first-order chi connectivity index (χ1) is 18.5. The second-order valence-corrected chi connectivity index (χ2v) is 10.5. The zero-order chi connectivity index (χ0) is 28.2. The molecule has 0 unspecified atom stereocenters. The van der Waals surface area contributed by atoms with Crippen LogP contribution in [-0.4, -0.2) is 51.0 Å². The van der Waals surface area contributed by atoms with E-state index in [-0.39, 0.29) is 36.1 Å². The molecule has 0 aliphatic heterocycles. The minimum Gasteiger partial charge on any atom is -0.393 e. The Balaban J connectivity index is 1.41. The summed E-state index contributed by atoms with van der Waals surface area (Å²) < 4.78 is 38.9. The summed E-state index contributed by atoms with van der Waals surface area (Å²) in [6, 6.07) is 6.49. The molecule has 0 bridgehead atoms. The lowest BCUT2D eigenvalue weighted by atomic mass is 9.92. The summed E-state index contributed by atoms with van der Waals surface area (Å²) in [5.41, 5.74) is 0.926. The van der Waals surface area contributed by atoms with Crippen molar-refractivity contribution in [3.63, 3.8) is 0 Å². The van der Waals surface area contributed by atoms with Gasteiger partial charge in [-0.2, -0.15) is 13.2 Å². The normalized spacial score (nSPS) is 17.2. The van der Waals surface area contributed by atoms with Crippen molar-refractivity contribution in [2.75, 3.05) is 12.4 Å². The number of alkyl halides is 3. The van der Waals surface area contributed by atoms with Gasteiger partial charge in [-0.1, -0.05) is 29.4 Å². The number of hydrogen-bond donors (Lipinski definition) is 2.